The lowest BCUT2D eigenvalue weighted by Gasteiger charge is -2.29. The number of carbonyl (C=O) groups is 2. The molecule has 4 rings (SSSR count). The van der Waals surface area contributed by atoms with E-state index in [0.29, 0.717) is 31.9 Å². The van der Waals surface area contributed by atoms with Gasteiger partial charge < -0.3 is 19.5 Å². The van der Waals surface area contributed by atoms with Crippen molar-refractivity contribution in [3.05, 3.63) is 30.2 Å². The zero-order valence-electron chi connectivity index (χ0n) is 15.7. The number of benzene rings is 1. The summed E-state index contributed by atoms with van der Waals surface area (Å²) < 4.78 is 5.70. The van der Waals surface area contributed by atoms with Crippen LogP contribution in [0.2, 0.25) is 0 Å². The molecule has 0 radical (unpaired) electrons. The molecule has 7 heteroatoms. The number of oxazole rings is 1. The van der Waals surface area contributed by atoms with Crippen LogP contribution in [-0.4, -0.2) is 59.4 Å². The van der Waals surface area contributed by atoms with Gasteiger partial charge in [0.05, 0.1) is 5.92 Å². The molecular weight excluding hydrogens is 344 g/mol. The standard InChI is InChI=1S/C20H26N4O3/c1-23-15-7-4-6-14(19(23)25)12-24(13-15)20(26)21-11-5-10-18-22-16-8-2-3-9-17(16)27-18/h2-3,8-9,14-15H,4-7,10-13H2,1H3,(H,21,26)/t14-,15+/m1/s1. The van der Waals surface area contributed by atoms with E-state index >= 15 is 0 Å². The molecular formula is C20H26N4O3. The van der Waals surface area contributed by atoms with Crippen molar-refractivity contribution in [1.82, 2.24) is 20.1 Å². The van der Waals surface area contributed by atoms with Gasteiger partial charge in [0.15, 0.2) is 11.5 Å². The van der Waals surface area contributed by atoms with Gasteiger partial charge >= 0.3 is 6.03 Å². The summed E-state index contributed by atoms with van der Waals surface area (Å²) in [5.41, 5.74) is 1.66. The van der Waals surface area contributed by atoms with Crippen LogP contribution in [0.4, 0.5) is 4.79 Å². The van der Waals surface area contributed by atoms with Crippen molar-refractivity contribution in [3.8, 4) is 0 Å². The summed E-state index contributed by atoms with van der Waals surface area (Å²) in [5.74, 6) is 0.818. The third kappa shape index (κ3) is 3.77. The Hall–Kier alpha value is -2.57. The molecule has 3 heterocycles. The molecule has 2 fully saturated rings. The van der Waals surface area contributed by atoms with E-state index in [-0.39, 0.29) is 23.9 Å². The normalized spacial score (nSPS) is 22.8. The maximum Gasteiger partial charge on any atom is 0.317 e. The summed E-state index contributed by atoms with van der Waals surface area (Å²) in [5, 5.41) is 2.99. The summed E-state index contributed by atoms with van der Waals surface area (Å²) in [6, 6.07) is 7.76. The second-order valence-corrected chi connectivity index (χ2v) is 7.55. The monoisotopic (exact) mass is 370 g/mol. The third-order valence-corrected chi connectivity index (χ3v) is 5.68. The van der Waals surface area contributed by atoms with Gasteiger partial charge in [-0.3, -0.25) is 4.79 Å². The maximum absolute atomic E-state index is 12.6. The number of rotatable bonds is 4. The number of carbonyl (C=O) groups excluding carboxylic acids is 2. The van der Waals surface area contributed by atoms with Gasteiger partial charge in [0.2, 0.25) is 5.91 Å². The Morgan fingerprint density at radius 1 is 1.30 bits per heavy atom. The Kier molecular flexibility index (Phi) is 5.01. The number of aryl methyl sites for hydroxylation is 1. The number of hydrogen-bond donors (Lipinski definition) is 1. The third-order valence-electron chi connectivity index (χ3n) is 5.68. The summed E-state index contributed by atoms with van der Waals surface area (Å²) in [7, 11) is 1.87. The minimum Gasteiger partial charge on any atom is -0.441 e. The number of para-hydroxylation sites is 2. The molecule has 1 aromatic heterocycles. The topological polar surface area (TPSA) is 78.7 Å². The van der Waals surface area contributed by atoms with Gasteiger partial charge in [-0.05, 0) is 31.4 Å². The summed E-state index contributed by atoms with van der Waals surface area (Å²) in [6.45, 7) is 1.71. The molecule has 2 aliphatic heterocycles. The predicted octanol–water partition coefficient (Wildman–Crippen LogP) is 2.41. The van der Waals surface area contributed by atoms with E-state index in [1.165, 1.54) is 0 Å². The predicted molar refractivity (Wildman–Crippen MR) is 101 cm³/mol. The molecule has 2 aliphatic rings. The summed E-state index contributed by atoms with van der Waals surface area (Å²) >= 11 is 0. The van der Waals surface area contributed by atoms with E-state index in [2.05, 4.69) is 10.3 Å². The van der Waals surface area contributed by atoms with E-state index in [1.807, 2.05) is 41.1 Å². The van der Waals surface area contributed by atoms with Gasteiger partial charge in [0.1, 0.15) is 5.52 Å². The Morgan fingerprint density at radius 2 is 2.15 bits per heavy atom. The number of likely N-dealkylation sites (N-methyl/N-ethyl adjacent to an activating group) is 1. The van der Waals surface area contributed by atoms with Crippen molar-refractivity contribution in [1.29, 1.82) is 0 Å². The fraction of sp³-hybridized carbons (Fsp3) is 0.550. The second-order valence-electron chi connectivity index (χ2n) is 7.55. The first-order chi connectivity index (χ1) is 13.1. The minimum absolute atomic E-state index is 0.0620. The van der Waals surface area contributed by atoms with Crippen molar-refractivity contribution in [2.45, 2.75) is 38.1 Å². The van der Waals surface area contributed by atoms with Gasteiger partial charge in [-0.1, -0.05) is 18.6 Å². The van der Waals surface area contributed by atoms with E-state index in [9.17, 15) is 9.59 Å². The average molecular weight is 370 g/mol. The van der Waals surface area contributed by atoms with Gasteiger partial charge in [-0.15, -0.1) is 0 Å². The van der Waals surface area contributed by atoms with E-state index < -0.39 is 0 Å². The highest BCUT2D eigenvalue weighted by Gasteiger charge is 2.37. The molecule has 2 atom stereocenters. The highest BCUT2D eigenvalue weighted by atomic mass is 16.3. The van der Waals surface area contributed by atoms with Gasteiger partial charge in [0.25, 0.3) is 0 Å². The van der Waals surface area contributed by atoms with Gasteiger partial charge in [-0.2, -0.15) is 0 Å². The lowest BCUT2D eigenvalue weighted by atomic mass is 9.99. The molecule has 7 nitrogen and oxygen atoms in total. The van der Waals surface area contributed by atoms with Crippen LogP contribution in [-0.2, 0) is 11.2 Å². The molecule has 2 bridgehead atoms. The number of hydrogen-bond acceptors (Lipinski definition) is 4. The van der Waals surface area contributed by atoms with Crippen molar-refractivity contribution in [2.24, 2.45) is 5.92 Å². The lowest BCUT2D eigenvalue weighted by Crippen LogP contribution is -2.46. The number of likely N-dealkylation sites (tertiary alicyclic amines) is 1. The van der Waals surface area contributed by atoms with Crippen molar-refractivity contribution in [2.75, 3.05) is 26.7 Å². The SMILES string of the molecule is CN1C(=O)[C@@H]2CCC[C@H]1CN(C(=O)NCCCc1nc3ccccc3o1)C2. The molecule has 144 valence electrons. The molecule has 0 aliphatic carbocycles. The Morgan fingerprint density at radius 3 is 3.00 bits per heavy atom. The van der Waals surface area contributed by atoms with Crippen LogP contribution in [0, 0.1) is 5.92 Å². The van der Waals surface area contributed by atoms with Gasteiger partial charge in [0, 0.05) is 39.1 Å². The highest BCUT2D eigenvalue weighted by molar-refractivity contribution is 5.82. The molecule has 0 saturated carbocycles. The van der Waals surface area contributed by atoms with Crippen molar-refractivity contribution < 1.29 is 14.0 Å². The molecule has 2 saturated heterocycles. The number of nitrogens with one attached hydrogen (secondary N) is 1. The van der Waals surface area contributed by atoms with Crippen LogP contribution in [0.25, 0.3) is 11.1 Å². The highest BCUT2D eigenvalue weighted by Crippen LogP contribution is 2.26. The maximum atomic E-state index is 12.6. The van der Waals surface area contributed by atoms with Crippen LogP contribution in [0.3, 0.4) is 0 Å². The van der Waals surface area contributed by atoms with Gasteiger partial charge in [-0.25, -0.2) is 9.78 Å². The molecule has 0 unspecified atom stereocenters. The van der Waals surface area contributed by atoms with Crippen LogP contribution < -0.4 is 5.32 Å². The summed E-state index contributed by atoms with van der Waals surface area (Å²) in [4.78, 5) is 33.1. The van der Waals surface area contributed by atoms with Crippen LogP contribution in [0.15, 0.2) is 28.7 Å². The zero-order valence-corrected chi connectivity index (χ0v) is 15.7. The minimum atomic E-state index is -0.0763. The first kappa shape index (κ1) is 17.8. The molecule has 1 N–H and O–H groups in total. The first-order valence-electron chi connectivity index (χ1n) is 9.75. The van der Waals surface area contributed by atoms with E-state index in [4.69, 9.17) is 4.42 Å². The Labute approximate surface area is 158 Å². The number of amides is 3. The molecule has 0 spiro atoms. The fourth-order valence-corrected chi connectivity index (χ4v) is 4.10. The van der Waals surface area contributed by atoms with Crippen LogP contribution in [0.1, 0.15) is 31.6 Å². The average Bonchev–Trinajstić information content (AvgIpc) is 2.96. The summed E-state index contributed by atoms with van der Waals surface area (Å²) in [6.07, 6.45) is 4.35. The number of fused-ring (bicyclic) bond motifs is 4. The smallest absolute Gasteiger partial charge is 0.317 e. The molecule has 2 aromatic rings. The van der Waals surface area contributed by atoms with E-state index in [1.54, 1.807) is 0 Å². The van der Waals surface area contributed by atoms with E-state index in [0.717, 1.165) is 36.8 Å². The van der Waals surface area contributed by atoms with Crippen molar-refractivity contribution in [3.63, 3.8) is 0 Å². The Balaban J connectivity index is 1.28. The molecule has 1 aromatic carbocycles. The van der Waals surface area contributed by atoms with Crippen LogP contribution in [0.5, 0.6) is 0 Å². The quantitative estimate of drug-likeness (QED) is 0.839. The first-order valence-corrected chi connectivity index (χ1v) is 9.75. The number of aromatic nitrogens is 1. The second kappa shape index (κ2) is 7.58. The molecule has 3 amide bonds. The number of urea groups is 1. The molecule has 27 heavy (non-hydrogen) atoms. The lowest BCUT2D eigenvalue weighted by molar-refractivity contribution is -0.134. The Bertz CT molecular complexity index is 800. The fourth-order valence-electron chi connectivity index (χ4n) is 4.10. The largest absolute Gasteiger partial charge is 0.441 e. The van der Waals surface area contributed by atoms with Crippen molar-refractivity contribution >= 4 is 23.0 Å². The number of nitrogens with zero attached hydrogens (tertiary/aromatic N) is 3. The zero-order chi connectivity index (χ0) is 18.8. The van der Waals surface area contributed by atoms with Crippen LogP contribution >= 0.6 is 0 Å².